The van der Waals surface area contributed by atoms with Crippen LogP contribution in [0.15, 0.2) is 36.5 Å². The number of nitrogens with zero attached hydrogens (tertiary/aromatic N) is 6. The van der Waals surface area contributed by atoms with E-state index >= 15 is 0 Å². The van der Waals surface area contributed by atoms with Crippen LogP contribution in [0.4, 0.5) is 33.6 Å². The number of hydrogen-bond acceptors (Lipinski definition) is 5. The lowest BCUT2D eigenvalue weighted by Crippen LogP contribution is -2.49. The SMILES string of the molecule is CCCCN(C(=O)c1ccc(F)c(F)c1)c1nc2n(c1C(=O)N1CCN(c3ccc(C(F)(F)F)cn3)CC1)CCCC2. The van der Waals surface area contributed by atoms with Crippen LogP contribution in [0.5, 0.6) is 0 Å². The lowest BCUT2D eigenvalue weighted by molar-refractivity contribution is -0.137. The number of aromatic nitrogens is 3. The molecule has 42 heavy (non-hydrogen) atoms. The van der Waals surface area contributed by atoms with Crippen LogP contribution in [0.2, 0.25) is 0 Å². The molecule has 3 aromatic rings. The van der Waals surface area contributed by atoms with Crippen LogP contribution in [-0.4, -0.2) is 64.0 Å². The molecule has 0 saturated carbocycles. The van der Waals surface area contributed by atoms with Crippen molar-refractivity contribution in [2.75, 3.05) is 42.5 Å². The summed E-state index contributed by atoms with van der Waals surface area (Å²) in [4.78, 5) is 41.2. The van der Waals surface area contributed by atoms with E-state index in [1.807, 2.05) is 16.4 Å². The number of halogens is 5. The Morgan fingerprint density at radius 3 is 2.38 bits per heavy atom. The van der Waals surface area contributed by atoms with Gasteiger partial charge in [-0.1, -0.05) is 13.3 Å². The van der Waals surface area contributed by atoms with Crippen molar-refractivity contribution in [3.05, 3.63) is 70.8 Å². The number of carbonyl (C=O) groups is 2. The third-order valence-corrected chi connectivity index (χ3v) is 7.63. The van der Waals surface area contributed by atoms with Gasteiger partial charge in [0.05, 0.1) is 5.56 Å². The van der Waals surface area contributed by atoms with Gasteiger partial charge in [-0.3, -0.25) is 14.5 Å². The number of anilines is 2. The molecular weight excluding hydrogens is 559 g/mol. The van der Waals surface area contributed by atoms with Crippen molar-refractivity contribution in [1.29, 1.82) is 0 Å². The van der Waals surface area contributed by atoms with Crippen molar-refractivity contribution in [2.24, 2.45) is 0 Å². The average Bonchev–Trinajstić information content (AvgIpc) is 3.37. The summed E-state index contributed by atoms with van der Waals surface area (Å²) >= 11 is 0. The molecule has 0 spiro atoms. The minimum atomic E-state index is -4.48. The molecule has 5 rings (SSSR count). The molecule has 2 aromatic heterocycles. The molecule has 8 nitrogen and oxygen atoms in total. The van der Waals surface area contributed by atoms with Crippen LogP contribution >= 0.6 is 0 Å². The van der Waals surface area contributed by atoms with Crippen LogP contribution in [0.3, 0.4) is 0 Å². The molecule has 2 aliphatic rings. The van der Waals surface area contributed by atoms with Gasteiger partial charge in [-0.25, -0.2) is 18.7 Å². The maximum atomic E-state index is 14.0. The number of piperazine rings is 1. The van der Waals surface area contributed by atoms with Gasteiger partial charge >= 0.3 is 6.18 Å². The molecule has 2 amide bonds. The Kier molecular flexibility index (Phi) is 8.46. The van der Waals surface area contributed by atoms with E-state index in [1.54, 1.807) is 4.90 Å². The molecule has 1 fully saturated rings. The van der Waals surface area contributed by atoms with Gasteiger partial charge in [0, 0.05) is 57.4 Å². The summed E-state index contributed by atoms with van der Waals surface area (Å²) in [5, 5.41) is 0. The number of unbranched alkanes of at least 4 members (excludes halogenated alkanes) is 1. The Morgan fingerprint density at radius 2 is 1.74 bits per heavy atom. The predicted molar refractivity (Wildman–Crippen MR) is 145 cm³/mol. The predicted octanol–water partition coefficient (Wildman–Crippen LogP) is 5.32. The standard InChI is InChI=1S/C29H31F5N6O2/c1-2-3-11-40(27(41)19-7-9-21(30)22(31)17-19)26-25(39-12-5-4-6-24(39)36-26)28(42)38-15-13-37(14-16-38)23-10-8-20(18-35-23)29(32,33)34/h7-10,17-18H,2-6,11-16H2,1H3. The van der Waals surface area contributed by atoms with Crippen molar-refractivity contribution in [2.45, 2.75) is 51.7 Å². The van der Waals surface area contributed by atoms with Crippen LogP contribution in [0.25, 0.3) is 0 Å². The van der Waals surface area contributed by atoms with Gasteiger partial charge < -0.3 is 14.4 Å². The fraction of sp³-hybridized carbons (Fsp3) is 0.448. The number of fused-ring (bicyclic) bond motifs is 1. The van der Waals surface area contributed by atoms with Gasteiger partial charge in [-0.05, 0) is 49.6 Å². The van der Waals surface area contributed by atoms with E-state index in [9.17, 15) is 31.5 Å². The van der Waals surface area contributed by atoms with Crippen LogP contribution in [-0.2, 0) is 19.1 Å². The van der Waals surface area contributed by atoms with E-state index in [4.69, 9.17) is 4.98 Å². The van der Waals surface area contributed by atoms with Crippen molar-refractivity contribution in [1.82, 2.24) is 19.4 Å². The number of aryl methyl sites for hydroxylation is 1. The van der Waals surface area contributed by atoms with Crippen molar-refractivity contribution in [3.63, 3.8) is 0 Å². The van der Waals surface area contributed by atoms with Gasteiger partial charge in [0.2, 0.25) is 0 Å². The van der Waals surface area contributed by atoms with Crippen LogP contribution < -0.4 is 9.80 Å². The third kappa shape index (κ3) is 5.95. The maximum Gasteiger partial charge on any atom is 0.417 e. The van der Waals surface area contributed by atoms with E-state index < -0.39 is 29.3 Å². The van der Waals surface area contributed by atoms with Crippen molar-refractivity contribution < 1.29 is 31.5 Å². The van der Waals surface area contributed by atoms with E-state index in [1.165, 1.54) is 17.0 Å². The molecule has 1 aromatic carbocycles. The van der Waals surface area contributed by atoms with Gasteiger partial charge in [0.1, 0.15) is 11.6 Å². The Bertz CT molecular complexity index is 1450. The second-order valence-electron chi connectivity index (χ2n) is 10.4. The van der Waals surface area contributed by atoms with Crippen molar-refractivity contribution in [3.8, 4) is 0 Å². The second-order valence-corrected chi connectivity index (χ2v) is 10.4. The minimum Gasteiger partial charge on any atom is -0.353 e. The Labute approximate surface area is 239 Å². The lowest BCUT2D eigenvalue weighted by atomic mass is 10.1. The first kappa shape index (κ1) is 29.5. The number of rotatable bonds is 7. The van der Waals surface area contributed by atoms with Gasteiger partial charge in [-0.2, -0.15) is 13.2 Å². The molecular formula is C29H31F5N6O2. The zero-order valence-corrected chi connectivity index (χ0v) is 23.1. The number of benzene rings is 1. The first-order valence-corrected chi connectivity index (χ1v) is 14.0. The fourth-order valence-electron chi connectivity index (χ4n) is 5.30. The Morgan fingerprint density at radius 1 is 0.976 bits per heavy atom. The molecule has 0 unspecified atom stereocenters. The smallest absolute Gasteiger partial charge is 0.353 e. The van der Waals surface area contributed by atoms with Crippen LogP contribution in [0, 0.1) is 11.6 Å². The summed E-state index contributed by atoms with van der Waals surface area (Å²) in [5.41, 5.74) is -0.603. The number of amides is 2. The molecule has 224 valence electrons. The van der Waals surface area contributed by atoms with Crippen molar-refractivity contribution >= 4 is 23.5 Å². The summed E-state index contributed by atoms with van der Waals surface area (Å²) in [7, 11) is 0. The minimum absolute atomic E-state index is 0.0490. The normalized spacial score (nSPS) is 15.5. The summed E-state index contributed by atoms with van der Waals surface area (Å²) in [6, 6.07) is 5.27. The van der Waals surface area contributed by atoms with Gasteiger partial charge in [0.25, 0.3) is 11.8 Å². The molecule has 4 heterocycles. The highest BCUT2D eigenvalue weighted by Gasteiger charge is 2.35. The summed E-state index contributed by atoms with van der Waals surface area (Å²) < 4.78 is 68.3. The van der Waals surface area contributed by atoms with Crippen LogP contribution in [0.1, 0.15) is 64.8 Å². The van der Waals surface area contributed by atoms with Gasteiger partial charge in [0.15, 0.2) is 23.1 Å². The Balaban J connectivity index is 1.41. The highest BCUT2D eigenvalue weighted by atomic mass is 19.4. The maximum absolute atomic E-state index is 14.0. The molecule has 0 radical (unpaired) electrons. The quantitative estimate of drug-likeness (QED) is 0.349. The third-order valence-electron chi connectivity index (χ3n) is 7.63. The van der Waals surface area contributed by atoms with Gasteiger partial charge in [-0.15, -0.1) is 0 Å². The monoisotopic (exact) mass is 590 g/mol. The largest absolute Gasteiger partial charge is 0.417 e. The molecule has 0 bridgehead atoms. The number of alkyl halides is 3. The highest BCUT2D eigenvalue weighted by molar-refractivity contribution is 6.09. The number of imidazole rings is 1. The first-order chi connectivity index (χ1) is 20.1. The summed E-state index contributed by atoms with van der Waals surface area (Å²) in [5.74, 6) is -1.82. The fourth-order valence-corrected chi connectivity index (χ4v) is 5.30. The van der Waals surface area contributed by atoms with E-state index in [0.717, 1.165) is 43.7 Å². The topological polar surface area (TPSA) is 74.6 Å². The van der Waals surface area contributed by atoms with E-state index in [-0.39, 0.29) is 42.6 Å². The lowest BCUT2D eigenvalue weighted by Gasteiger charge is -2.36. The molecule has 1 saturated heterocycles. The first-order valence-electron chi connectivity index (χ1n) is 14.0. The number of hydrogen-bond donors (Lipinski definition) is 0. The van der Waals surface area contributed by atoms with E-state index in [2.05, 4.69) is 4.98 Å². The average molecular weight is 591 g/mol. The summed E-state index contributed by atoms with van der Waals surface area (Å²) in [6.07, 6.45) is 0.0249. The highest BCUT2D eigenvalue weighted by Crippen LogP contribution is 2.31. The number of carbonyl (C=O) groups excluding carboxylic acids is 2. The molecule has 2 aliphatic heterocycles. The molecule has 13 heteroatoms. The zero-order chi connectivity index (χ0) is 30.0. The molecule has 0 N–H and O–H groups in total. The molecule has 0 aliphatic carbocycles. The van der Waals surface area contributed by atoms with E-state index in [0.29, 0.717) is 44.1 Å². The number of pyridine rings is 1. The Hall–Kier alpha value is -4.03. The summed E-state index contributed by atoms with van der Waals surface area (Å²) in [6.45, 7) is 4.02. The molecule has 0 atom stereocenters. The second kappa shape index (κ2) is 12.1. The zero-order valence-electron chi connectivity index (χ0n) is 23.1.